The third-order valence-electron chi connectivity index (χ3n) is 2.99. The lowest BCUT2D eigenvalue weighted by Gasteiger charge is -2.27. The van der Waals surface area contributed by atoms with E-state index >= 15 is 0 Å². The number of nitrogens with one attached hydrogen (secondary N) is 1. The third kappa shape index (κ3) is 3.31. The maximum atomic E-state index is 12.0. The van der Waals surface area contributed by atoms with Crippen molar-refractivity contribution in [2.45, 2.75) is 45.3 Å². The topological polar surface area (TPSA) is 38.3 Å². The van der Waals surface area contributed by atoms with Gasteiger partial charge >= 0.3 is 0 Å². The molecule has 0 aliphatic carbocycles. The van der Waals surface area contributed by atoms with Crippen LogP contribution in [0.15, 0.2) is 0 Å². The Morgan fingerprint density at radius 3 is 2.67 bits per heavy atom. The van der Waals surface area contributed by atoms with E-state index in [0.717, 1.165) is 17.3 Å². The highest BCUT2D eigenvalue weighted by Gasteiger charge is 2.38. The first-order chi connectivity index (χ1) is 6.99. The van der Waals surface area contributed by atoms with Gasteiger partial charge in [-0.3, -0.25) is 4.79 Å². The Kier molecular flexibility index (Phi) is 4.83. The molecule has 1 aliphatic rings. The van der Waals surface area contributed by atoms with Crippen molar-refractivity contribution in [2.24, 2.45) is 5.92 Å². The molecule has 1 amide bonds. The summed E-state index contributed by atoms with van der Waals surface area (Å²) in [5.41, 5.74) is -0.584. The zero-order valence-electron chi connectivity index (χ0n) is 9.68. The van der Waals surface area contributed by atoms with Crippen molar-refractivity contribution in [1.82, 2.24) is 5.32 Å². The van der Waals surface area contributed by atoms with Gasteiger partial charge < -0.3 is 10.1 Å². The van der Waals surface area contributed by atoms with Crippen molar-refractivity contribution in [3.8, 4) is 0 Å². The Morgan fingerprint density at radius 2 is 2.27 bits per heavy atom. The number of carbonyl (C=O) groups is 1. The number of carbonyl (C=O) groups excluding carboxylic acids is 1. The molecule has 15 heavy (non-hydrogen) atoms. The van der Waals surface area contributed by atoms with Gasteiger partial charge in [-0.2, -0.15) is 0 Å². The van der Waals surface area contributed by atoms with Crippen molar-refractivity contribution in [3.05, 3.63) is 0 Å². The highest BCUT2D eigenvalue weighted by Crippen LogP contribution is 2.25. The van der Waals surface area contributed by atoms with Crippen LogP contribution in [-0.4, -0.2) is 28.6 Å². The van der Waals surface area contributed by atoms with Gasteiger partial charge in [0.1, 0.15) is 5.60 Å². The molecule has 1 saturated heterocycles. The first-order valence-corrected chi connectivity index (χ1v) is 7.03. The molecular weight excluding hydrogens is 305 g/mol. The Balaban J connectivity index is 2.53. The van der Waals surface area contributed by atoms with Gasteiger partial charge in [-0.15, -0.1) is 0 Å². The molecule has 0 aromatic rings. The number of rotatable bonds is 4. The lowest BCUT2D eigenvalue weighted by molar-refractivity contribution is -0.140. The molecular formula is C11H20INO2. The van der Waals surface area contributed by atoms with E-state index in [2.05, 4.69) is 41.8 Å². The second-order valence-corrected chi connectivity index (χ2v) is 5.54. The minimum Gasteiger partial charge on any atom is -0.365 e. The highest BCUT2D eigenvalue weighted by molar-refractivity contribution is 14.1. The fraction of sp³-hybridized carbons (Fsp3) is 0.909. The predicted octanol–water partition coefficient (Wildman–Crippen LogP) is 2.13. The van der Waals surface area contributed by atoms with Crippen molar-refractivity contribution < 1.29 is 9.53 Å². The molecule has 0 bridgehead atoms. The van der Waals surface area contributed by atoms with Gasteiger partial charge in [0.05, 0.1) is 0 Å². The van der Waals surface area contributed by atoms with Crippen LogP contribution in [-0.2, 0) is 9.53 Å². The second-order valence-electron chi connectivity index (χ2n) is 4.66. The van der Waals surface area contributed by atoms with E-state index in [0.29, 0.717) is 12.5 Å². The van der Waals surface area contributed by atoms with Crippen LogP contribution in [0.5, 0.6) is 0 Å². The zero-order chi connectivity index (χ0) is 11.5. The van der Waals surface area contributed by atoms with E-state index in [9.17, 15) is 4.79 Å². The summed E-state index contributed by atoms with van der Waals surface area (Å²) in [7, 11) is 0. The minimum absolute atomic E-state index is 0.0513. The monoisotopic (exact) mass is 325 g/mol. The number of hydrogen-bond donors (Lipinski definition) is 1. The third-order valence-corrected chi connectivity index (χ3v) is 3.94. The largest absolute Gasteiger partial charge is 0.365 e. The van der Waals surface area contributed by atoms with Gasteiger partial charge in [-0.25, -0.2) is 0 Å². The van der Waals surface area contributed by atoms with E-state index in [4.69, 9.17) is 4.74 Å². The normalized spacial score (nSPS) is 28.1. The summed E-state index contributed by atoms with van der Waals surface area (Å²) in [5.74, 6) is 0.520. The van der Waals surface area contributed by atoms with Crippen LogP contribution in [0.2, 0.25) is 0 Å². The Bertz CT molecular complexity index is 225. The summed E-state index contributed by atoms with van der Waals surface area (Å²) in [6.07, 6.45) is 1.82. The molecule has 0 saturated carbocycles. The van der Waals surface area contributed by atoms with Crippen molar-refractivity contribution in [3.63, 3.8) is 0 Å². The van der Waals surface area contributed by atoms with Crippen molar-refractivity contribution in [2.75, 3.05) is 11.0 Å². The fourth-order valence-electron chi connectivity index (χ4n) is 1.66. The first-order valence-electron chi connectivity index (χ1n) is 5.50. The van der Waals surface area contributed by atoms with E-state index < -0.39 is 5.60 Å². The SMILES string of the molecule is CC(C)C(CI)NC(=O)C1(C)CCCO1. The van der Waals surface area contributed by atoms with E-state index in [1.807, 2.05) is 6.92 Å². The van der Waals surface area contributed by atoms with Gasteiger partial charge in [-0.05, 0) is 25.7 Å². The molecule has 1 rings (SSSR count). The van der Waals surface area contributed by atoms with E-state index in [1.54, 1.807) is 0 Å². The summed E-state index contributed by atoms with van der Waals surface area (Å²) in [5, 5.41) is 3.08. The Hall–Kier alpha value is 0.160. The molecule has 1 heterocycles. The fourth-order valence-corrected chi connectivity index (χ4v) is 2.90. The van der Waals surface area contributed by atoms with Crippen LogP contribution in [0.4, 0.5) is 0 Å². The molecule has 0 aromatic carbocycles. The first kappa shape index (κ1) is 13.2. The molecule has 4 heteroatoms. The van der Waals surface area contributed by atoms with Crippen LogP contribution >= 0.6 is 22.6 Å². The number of halogens is 1. The quantitative estimate of drug-likeness (QED) is 0.635. The maximum absolute atomic E-state index is 12.0. The number of hydrogen-bond acceptors (Lipinski definition) is 2. The average Bonchev–Trinajstić information content (AvgIpc) is 2.61. The Morgan fingerprint density at radius 1 is 1.60 bits per heavy atom. The standard InChI is InChI=1S/C11H20INO2/c1-8(2)9(7-12)13-10(14)11(3)5-4-6-15-11/h8-9H,4-7H2,1-3H3,(H,13,14). The number of alkyl halides is 1. The summed E-state index contributed by atoms with van der Waals surface area (Å²) < 4.78 is 6.45. The molecule has 3 nitrogen and oxygen atoms in total. The molecule has 0 aromatic heterocycles. The van der Waals surface area contributed by atoms with Crippen LogP contribution in [0.1, 0.15) is 33.6 Å². The molecule has 88 valence electrons. The maximum Gasteiger partial charge on any atom is 0.252 e. The molecule has 0 spiro atoms. The van der Waals surface area contributed by atoms with Crippen molar-refractivity contribution in [1.29, 1.82) is 0 Å². The minimum atomic E-state index is -0.584. The molecule has 1 fully saturated rings. The summed E-state index contributed by atoms with van der Waals surface area (Å²) in [4.78, 5) is 12.0. The van der Waals surface area contributed by atoms with Gasteiger partial charge in [-0.1, -0.05) is 36.4 Å². The highest BCUT2D eigenvalue weighted by atomic mass is 127. The second kappa shape index (κ2) is 5.48. The van der Waals surface area contributed by atoms with Gasteiger partial charge in [0, 0.05) is 17.1 Å². The molecule has 0 radical (unpaired) electrons. The molecule has 2 atom stereocenters. The predicted molar refractivity (Wildman–Crippen MR) is 69.2 cm³/mol. The molecule has 1 aliphatic heterocycles. The lowest BCUT2D eigenvalue weighted by atomic mass is 9.99. The van der Waals surface area contributed by atoms with Crippen LogP contribution < -0.4 is 5.32 Å². The van der Waals surface area contributed by atoms with E-state index in [-0.39, 0.29) is 11.9 Å². The number of ether oxygens (including phenoxy) is 1. The average molecular weight is 325 g/mol. The smallest absolute Gasteiger partial charge is 0.252 e. The van der Waals surface area contributed by atoms with Crippen LogP contribution in [0, 0.1) is 5.92 Å². The molecule has 1 N–H and O–H groups in total. The van der Waals surface area contributed by atoms with Crippen LogP contribution in [0.25, 0.3) is 0 Å². The Labute approximate surface area is 105 Å². The number of amides is 1. The van der Waals surface area contributed by atoms with Gasteiger partial charge in [0.2, 0.25) is 0 Å². The van der Waals surface area contributed by atoms with Crippen molar-refractivity contribution >= 4 is 28.5 Å². The summed E-state index contributed by atoms with van der Waals surface area (Å²) in [6.45, 7) is 6.85. The summed E-state index contributed by atoms with van der Waals surface area (Å²) in [6, 6.07) is 0.249. The van der Waals surface area contributed by atoms with Gasteiger partial charge in [0.25, 0.3) is 5.91 Å². The lowest BCUT2D eigenvalue weighted by Crippen LogP contribution is -2.50. The van der Waals surface area contributed by atoms with E-state index in [1.165, 1.54) is 0 Å². The summed E-state index contributed by atoms with van der Waals surface area (Å²) >= 11 is 2.31. The van der Waals surface area contributed by atoms with Gasteiger partial charge in [0.15, 0.2) is 0 Å². The van der Waals surface area contributed by atoms with Crippen LogP contribution in [0.3, 0.4) is 0 Å². The zero-order valence-corrected chi connectivity index (χ0v) is 11.8. The molecule has 2 unspecified atom stereocenters.